The van der Waals surface area contributed by atoms with E-state index in [0.717, 1.165) is 15.8 Å². The molecule has 1 aliphatic heterocycles. The van der Waals surface area contributed by atoms with Crippen LogP contribution < -0.4 is 0 Å². The topological polar surface area (TPSA) is 96.5 Å². The largest absolute Gasteiger partial charge is 0.457 e. The molecular weight excluding hydrogens is 360 g/mol. The summed E-state index contributed by atoms with van der Waals surface area (Å²) in [6, 6.07) is 13.8. The number of imide groups is 1. The molecule has 0 saturated carbocycles. The smallest absolute Gasteiger partial charge is 0.308 e. The fraction of sp³-hybridized carbons (Fsp3) is 0.143. The van der Waals surface area contributed by atoms with Crippen LogP contribution in [0.15, 0.2) is 54.7 Å². The number of para-hydroxylation sites is 1. The van der Waals surface area contributed by atoms with E-state index in [1.165, 1.54) is 0 Å². The Morgan fingerprint density at radius 3 is 2.29 bits per heavy atom. The molecule has 4 rings (SSSR count). The van der Waals surface area contributed by atoms with Gasteiger partial charge in [0.05, 0.1) is 17.5 Å². The second-order valence-electron chi connectivity index (χ2n) is 6.39. The van der Waals surface area contributed by atoms with Gasteiger partial charge in [0.2, 0.25) is 5.78 Å². The van der Waals surface area contributed by atoms with Crippen LogP contribution in [0.3, 0.4) is 0 Å². The highest BCUT2D eigenvalue weighted by Gasteiger charge is 2.35. The molecule has 0 saturated heterocycles. The lowest BCUT2D eigenvalue weighted by Gasteiger charge is -2.13. The van der Waals surface area contributed by atoms with Gasteiger partial charge in [-0.1, -0.05) is 30.3 Å². The summed E-state index contributed by atoms with van der Waals surface area (Å²) in [5.41, 5.74) is 1.93. The molecule has 7 nitrogen and oxygen atoms in total. The number of carbonyl (C=O) groups excluding carboxylic acids is 4. The molecule has 1 aliphatic rings. The van der Waals surface area contributed by atoms with Crippen LogP contribution in [-0.2, 0) is 9.53 Å². The van der Waals surface area contributed by atoms with Crippen LogP contribution in [0, 0.1) is 0 Å². The van der Waals surface area contributed by atoms with Crippen molar-refractivity contribution >= 4 is 34.5 Å². The van der Waals surface area contributed by atoms with E-state index >= 15 is 0 Å². The van der Waals surface area contributed by atoms with Crippen molar-refractivity contribution < 1.29 is 23.9 Å². The van der Waals surface area contributed by atoms with Crippen molar-refractivity contribution in [2.75, 3.05) is 13.2 Å². The molecule has 140 valence electrons. The third kappa shape index (κ3) is 3.07. The number of carbonyl (C=O) groups is 4. The monoisotopic (exact) mass is 376 g/mol. The van der Waals surface area contributed by atoms with Crippen molar-refractivity contribution in [2.24, 2.45) is 0 Å². The van der Waals surface area contributed by atoms with Gasteiger partial charge in [0, 0.05) is 29.2 Å². The molecule has 2 heterocycles. The lowest BCUT2D eigenvalue weighted by Crippen LogP contribution is -2.32. The predicted octanol–water partition coefficient (Wildman–Crippen LogP) is 2.58. The average Bonchev–Trinajstić information content (AvgIpc) is 3.25. The molecule has 1 aromatic heterocycles. The zero-order valence-electron chi connectivity index (χ0n) is 14.8. The van der Waals surface area contributed by atoms with Gasteiger partial charge < -0.3 is 9.72 Å². The molecule has 0 spiro atoms. The van der Waals surface area contributed by atoms with Crippen LogP contribution in [0.25, 0.3) is 10.9 Å². The first-order chi connectivity index (χ1) is 13.6. The minimum atomic E-state index is -0.648. The highest BCUT2D eigenvalue weighted by atomic mass is 16.5. The van der Waals surface area contributed by atoms with Crippen molar-refractivity contribution in [3.05, 3.63) is 71.4 Å². The second-order valence-corrected chi connectivity index (χ2v) is 6.39. The van der Waals surface area contributed by atoms with E-state index in [-0.39, 0.29) is 18.7 Å². The van der Waals surface area contributed by atoms with Crippen LogP contribution in [0.5, 0.6) is 0 Å². The van der Waals surface area contributed by atoms with E-state index in [4.69, 9.17) is 4.74 Å². The van der Waals surface area contributed by atoms with E-state index < -0.39 is 24.4 Å². The van der Waals surface area contributed by atoms with Crippen LogP contribution in [-0.4, -0.2) is 46.6 Å². The highest BCUT2D eigenvalue weighted by molar-refractivity contribution is 6.21. The number of aromatic amines is 1. The Kier molecular flexibility index (Phi) is 4.49. The summed E-state index contributed by atoms with van der Waals surface area (Å²) < 4.78 is 5.03. The first-order valence-corrected chi connectivity index (χ1v) is 8.76. The number of H-pyrrole nitrogens is 1. The number of ketones is 1. The Balaban J connectivity index is 1.33. The highest BCUT2D eigenvalue weighted by Crippen LogP contribution is 2.22. The molecule has 7 heteroatoms. The van der Waals surface area contributed by atoms with E-state index in [1.807, 2.05) is 24.3 Å². The maximum Gasteiger partial charge on any atom is 0.308 e. The predicted molar refractivity (Wildman–Crippen MR) is 100 cm³/mol. The maximum absolute atomic E-state index is 12.3. The van der Waals surface area contributed by atoms with Crippen LogP contribution >= 0.6 is 0 Å². The molecule has 0 radical (unpaired) electrons. The Hall–Kier alpha value is -3.74. The van der Waals surface area contributed by atoms with Crippen LogP contribution in [0.1, 0.15) is 37.5 Å². The summed E-state index contributed by atoms with van der Waals surface area (Å²) in [6.07, 6.45) is 1.41. The van der Waals surface area contributed by atoms with Gasteiger partial charge in [0.1, 0.15) is 0 Å². The Morgan fingerprint density at radius 1 is 0.929 bits per heavy atom. The molecule has 1 N–H and O–H groups in total. The summed E-state index contributed by atoms with van der Waals surface area (Å²) in [5.74, 6) is -1.83. The molecule has 28 heavy (non-hydrogen) atoms. The minimum absolute atomic E-state index is 0.0908. The fourth-order valence-corrected chi connectivity index (χ4v) is 3.24. The van der Waals surface area contributed by atoms with Gasteiger partial charge in [0.15, 0.2) is 6.61 Å². The molecule has 3 aromatic rings. The van der Waals surface area contributed by atoms with Gasteiger partial charge in [-0.25, -0.2) is 0 Å². The lowest BCUT2D eigenvalue weighted by molar-refractivity contribution is -0.142. The van der Waals surface area contributed by atoms with Gasteiger partial charge in [-0.2, -0.15) is 0 Å². The van der Waals surface area contributed by atoms with Crippen molar-refractivity contribution in [1.82, 2.24) is 9.88 Å². The number of fused-ring (bicyclic) bond motifs is 2. The summed E-state index contributed by atoms with van der Waals surface area (Å²) in [4.78, 5) is 52.9. The minimum Gasteiger partial charge on any atom is -0.457 e. The Bertz CT molecular complexity index is 1080. The van der Waals surface area contributed by atoms with Crippen molar-refractivity contribution in [3.63, 3.8) is 0 Å². The van der Waals surface area contributed by atoms with E-state index in [0.29, 0.717) is 16.7 Å². The number of benzene rings is 2. The quantitative estimate of drug-likeness (QED) is 0.405. The average molecular weight is 376 g/mol. The third-order valence-electron chi connectivity index (χ3n) is 4.67. The number of Topliss-reactive ketones (excluding diaryl/α,β-unsaturated/α-hetero) is 1. The van der Waals surface area contributed by atoms with Crippen molar-refractivity contribution in [3.8, 4) is 0 Å². The van der Waals surface area contributed by atoms with Gasteiger partial charge in [-0.3, -0.25) is 24.1 Å². The molecule has 0 fully saturated rings. The lowest BCUT2D eigenvalue weighted by atomic mass is 10.1. The zero-order valence-corrected chi connectivity index (χ0v) is 14.8. The Labute approximate surface area is 159 Å². The summed E-state index contributed by atoms with van der Waals surface area (Å²) in [5, 5.41) is 0.759. The molecular formula is C21H16N2O5. The fourth-order valence-electron chi connectivity index (χ4n) is 3.24. The summed E-state index contributed by atoms with van der Waals surface area (Å²) in [7, 11) is 0. The number of nitrogens with zero attached hydrogens (tertiary/aromatic N) is 1. The Morgan fingerprint density at radius 2 is 1.57 bits per heavy atom. The SMILES string of the molecule is O=C(CCN1C(=O)c2ccccc2C1=O)OCC(=O)c1c[nH]c2ccccc12. The molecule has 2 aromatic carbocycles. The number of aromatic nitrogens is 1. The number of hydrogen-bond acceptors (Lipinski definition) is 5. The van der Waals surface area contributed by atoms with E-state index in [2.05, 4.69) is 4.98 Å². The van der Waals surface area contributed by atoms with Gasteiger partial charge in [-0.05, 0) is 18.2 Å². The van der Waals surface area contributed by atoms with E-state index in [1.54, 1.807) is 30.5 Å². The number of amides is 2. The number of esters is 1. The number of ether oxygens (including phenoxy) is 1. The van der Waals surface area contributed by atoms with Crippen molar-refractivity contribution in [2.45, 2.75) is 6.42 Å². The summed E-state index contributed by atoms with van der Waals surface area (Å²) in [6.45, 7) is -0.491. The normalized spacial score (nSPS) is 13.1. The molecule has 0 aliphatic carbocycles. The van der Waals surface area contributed by atoms with Crippen LogP contribution in [0.4, 0.5) is 0 Å². The van der Waals surface area contributed by atoms with Crippen LogP contribution in [0.2, 0.25) is 0 Å². The number of nitrogens with one attached hydrogen (secondary N) is 1. The van der Waals surface area contributed by atoms with Gasteiger partial charge in [0.25, 0.3) is 11.8 Å². The number of hydrogen-bond donors (Lipinski definition) is 1. The van der Waals surface area contributed by atoms with Gasteiger partial charge in [-0.15, -0.1) is 0 Å². The van der Waals surface area contributed by atoms with Crippen molar-refractivity contribution in [1.29, 1.82) is 0 Å². The zero-order chi connectivity index (χ0) is 19.7. The standard InChI is InChI=1S/C21H16N2O5/c24-18(16-11-22-17-8-4-3-5-13(16)17)12-28-19(25)9-10-23-20(26)14-6-1-2-7-15(14)21(23)27/h1-8,11,22H,9-10,12H2. The first kappa shape index (κ1) is 17.7. The first-order valence-electron chi connectivity index (χ1n) is 8.76. The molecule has 0 bridgehead atoms. The van der Waals surface area contributed by atoms with Gasteiger partial charge >= 0.3 is 5.97 Å². The third-order valence-corrected chi connectivity index (χ3v) is 4.67. The molecule has 0 unspecified atom stereocenters. The maximum atomic E-state index is 12.3. The molecule has 0 atom stereocenters. The number of rotatable bonds is 6. The molecule has 2 amide bonds. The van der Waals surface area contributed by atoms with E-state index in [9.17, 15) is 19.2 Å². The summed E-state index contributed by atoms with van der Waals surface area (Å²) >= 11 is 0. The second kappa shape index (κ2) is 7.11.